The van der Waals surface area contributed by atoms with Gasteiger partial charge in [0.05, 0.1) is 6.10 Å². The van der Waals surface area contributed by atoms with Gasteiger partial charge < -0.3 is 10.4 Å². The van der Waals surface area contributed by atoms with Gasteiger partial charge in [-0.3, -0.25) is 4.79 Å². The van der Waals surface area contributed by atoms with E-state index in [-0.39, 0.29) is 11.8 Å². The highest BCUT2D eigenvalue weighted by atomic mass is 16.3. The Morgan fingerprint density at radius 2 is 1.94 bits per heavy atom. The first-order valence-corrected chi connectivity index (χ1v) is 5.90. The zero-order chi connectivity index (χ0) is 12.4. The average molecular weight is 225 g/mol. The molecule has 3 nitrogen and oxygen atoms in total. The van der Waals surface area contributed by atoms with Gasteiger partial charge in [0.25, 0.3) is 0 Å². The molecule has 0 radical (unpaired) electrons. The SMILES string of the molecule is CC=C/C=C/C(=O)NCC(O)C(CC)CC. The average Bonchev–Trinajstić information content (AvgIpc) is 2.28. The summed E-state index contributed by atoms with van der Waals surface area (Å²) in [5.74, 6) is 0.0999. The lowest BCUT2D eigenvalue weighted by Crippen LogP contribution is -2.35. The summed E-state index contributed by atoms with van der Waals surface area (Å²) in [6.45, 7) is 6.31. The molecule has 0 bridgehead atoms. The molecule has 92 valence electrons. The highest BCUT2D eigenvalue weighted by Gasteiger charge is 2.15. The van der Waals surface area contributed by atoms with Crippen molar-refractivity contribution in [1.82, 2.24) is 5.32 Å². The van der Waals surface area contributed by atoms with E-state index in [9.17, 15) is 9.90 Å². The van der Waals surface area contributed by atoms with Gasteiger partial charge in [-0.2, -0.15) is 0 Å². The number of nitrogens with one attached hydrogen (secondary N) is 1. The predicted octanol–water partition coefficient (Wildman–Crippen LogP) is 2.03. The number of hydrogen-bond donors (Lipinski definition) is 2. The van der Waals surface area contributed by atoms with E-state index in [1.807, 2.05) is 26.8 Å². The second-order valence-electron chi connectivity index (χ2n) is 3.77. The van der Waals surface area contributed by atoms with Crippen LogP contribution in [0, 0.1) is 5.92 Å². The molecule has 0 aliphatic rings. The minimum atomic E-state index is -0.450. The highest BCUT2D eigenvalue weighted by molar-refractivity contribution is 5.87. The van der Waals surface area contributed by atoms with Crippen molar-refractivity contribution in [3.05, 3.63) is 24.3 Å². The normalized spacial score (nSPS) is 13.8. The minimum absolute atomic E-state index is 0.164. The van der Waals surface area contributed by atoms with E-state index in [0.717, 1.165) is 12.8 Å². The molecule has 16 heavy (non-hydrogen) atoms. The summed E-state index contributed by atoms with van der Waals surface area (Å²) in [5.41, 5.74) is 0. The third-order valence-electron chi connectivity index (χ3n) is 2.63. The van der Waals surface area contributed by atoms with Crippen LogP contribution in [0.4, 0.5) is 0 Å². The molecule has 0 saturated heterocycles. The molecular formula is C13H23NO2. The molecule has 1 unspecified atom stereocenters. The summed E-state index contributed by atoms with van der Waals surface area (Å²) < 4.78 is 0. The van der Waals surface area contributed by atoms with Crippen molar-refractivity contribution in [3.8, 4) is 0 Å². The molecule has 0 aromatic rings. The van der Waals surface area contributed by atoms with Crippen molar-refractivity contribution in [2.45, 2.75) is 39.7 Å². The molecule has 0 rings (SSSR count). The van der Waals surface area contributed by atoms with Gasteiger partial charge in [0.15, 0.2) is 0 Å². The fourth-order valence-electron chi connectivity index (χ4n) is 1.52. The molecule has 0 aromatic carbocycles. The van der Waals surface area contributed by atoms with Gasteiger partial charge in [0.2, 0.25) is 5.91 Å². The quantitative estimate of drug-likeness (QED) is 0.514. The van der Waals surface area contributed by atoms with Crippen LogP contribution in [0.2, 0.25) is 0 Å². The zero-order valence-corrected chi connectivity index (χ0v) is 10.4. The van der Waals surface area contributed by atoms with Crippen LogP contribution >= 0.6 is 0 Å². The number of rotatable bonds is 7. The van der Waals surface area contributed by atoms with E-state index >= 15 is 0 Å². The maximum Gasteiger partial charge on any atom is 0.244 e. The molecule has 1 amide bonds. The van der Waals surface area contributed by atoms with Crippen molar-refractivity contribution in [2.75, 3.05) is 6.54 Å². The van der Waals surface area contributed by atoms with Crippen LogP contribution in [-0.2, 0) is 4.79 Å². The van der Waals surface area contributed by atoms with Crippen LogP contribution in [0.25, 0.3) is 0 Å². The van der Waals surface area contributed by atoms with E-state index < -0.39 is 6.10 Å². The van der Waals surface area contributed by atoms with E-state index in [2.05, 4.69) is 5.32 Å². The van der Waals surface area contributed by atoms with Crippen LogP contribution in [0.1, 0.15) is 33.6 Å². The summed E-state index contributed by atoms with van der Waals surface area (Å²) >= 11 is 0. The number of amides is 1. The van der Waals surface area contributed by atoms with Gasteiger partial charge in [-0.15, -0.1) is 0 Å². The topological polar surface area (TPSA) is 49.3 Å². The number of aliphatic hydroxyl groups excluding tert-OH is 1. The van der Waals surface area contributed by atoms with Crippen LogP contribution in [0.5, 0.6) is 0 Å². The van der Waals surface area contributed by atoms with Crippen molar-refractivity contribution in [1.29, 1.82) is 0 Å². The van der Waals surface area contributed by atoms with E-state index in [4.69, 9.17) is 0 Å². The van der Waals surface area contributed by atoms with Gasteiger partial charge in [-0.1, -0.05) is 44.9 Å². The Labute approximate surface area is 98.2 Å². The minimum Gasteiger partial charge on any atom is -0.391 e. The monoisotopic (exact) mass is 225 g/mol. The molecule has 2 N–H and O–H groups in total. The Morgan fingerprint density at radius 1 is 1.31 bits per heavy atom. The Morgan fingerprint density at radius 3 is 2.44 bits per heavy atom. The highest BCUT2D eigenvalue weighted by Crippen LogP contribution is 2.11. The Bertz CT molecular complexity index is 242. The van der Waals surface area contributed by atoms with E-state index in [1.165, 1.54) is 6.08 Å². The van der Waals surface area contributed by atoms with Crippen molar-refractivity contribution in [3.63, 3.8) is 0 Å². The van der Waals surface area contributed by atoms with Gasteiger partial charge in [-0.05, 0) is 12.8 Å². The van der Waals surface area contributed by atoms with Crippen LogP contribution in [0.15, 0.2) is 24.3 Å². The Hall–Kier alpha value is -1.09. The second kappa shape index (κ2) is 9.16. The molecular weight excluding hydrogens is 202 g/mol. The van der Waals surface area contributed by atoms with E-state index in [0.29, 0.717) is 6.54 Å². The van der Waals surface area contributed by atoms with Crippen molar-refractivity contribution in [2.24, 2.45) is 5.92 Å². The first-order valence-electron chi connectivity index (χ1n) is 5.90. The van der Waals surface area contributed by atoms with Crippen LogP contribution in [-0.4, -0.2) is 23.7 Å². The lowest BCUT2D eigenvalue weighted by atomic mass is 9.96. The summed E-state index contributed by atoms with van der Waals surface area (Å²) in [6, 6.07) is 0. The fourth-order valence-corrected chi connectivity index (χ4v) is 1.52. The molecule has 0 spiro atoms. The third kappa shape index (κ3) is 6.40. The summed E-state index contributed by atoms with van der Waals surface area (Å²) in [6.07, 6.45) is 8.19. The standard InChI is InChI=1S/C13H23NO2/c1-4-7-8-9-13(16)14-10-12(15)11(5-2)6-3/h4,7-9,11-12,15H,5-6,10H2,1-3H3,(H,14,16)/b7-4?,9-8+. The van der Waals surface area contributed by atoms with Gasteiger partial charge in [0, 0.05) is 12.6 Å². The maximum atomic E-state index is 11.3. The summed E-state index contributed by atoms with van der Waals surface area (Å²) in [4.78, 5) is 11.3. The van der Waals surface area contributed by atoms with Crippen LogP contribution < -0.4 is 5.32 Å². The lowest BCUT2D eigenvalue weighted by Gasteiger charge is -2.19. The number of allylic oxidation sites excluding steroid dienone is 3. The number of aliphatic hydroxyl groups is 1. The summed E-state index contributed by atoms with van der Waals surface area (Å²) in [7, 11) is 0. The molecule has 0 aromatic heterocycles. The summed E-state index contributed by atoms with van der Waals surface area (Å²) in [5, 5.41) is 12.5. The zero-order valence-electron chi connectivity index (χ0n) is 10.4. The van der Waals surface area contributed by atoms with Crippen molar-refractivity contribution >= 4 is 5.91 Å². The molecule has 0 heterocycles. The van der Waals surface area contributed by atoms with Gasteiger partial charge in [-0.25, -0.2) is 0 Å². The Kier molecular flexibility index (Phi) is 8.53. The molecule has 1 atom stereocenters. The van der Waals surface area contributed by atoms with Crippen LogP contribution in [0.3, 0.4) is 0 Å². The Balaban J connectivity index is 3.91. The number of carbonyl (C=O) groups excluding carboxylic acids is 1. The molecule has 0 saturated carbocycles. The lowest BCUT2D eigenvalue weighted by molar-refractivity contribution is -0.117. The molecule has 3 heteroatoms. The molecule has 0 fully saturated rings. The fraction of sp³-hybridized carbons (Fsp3) is 0.615. The van der Waals surface area contributed by atoms with Gasteiger partial charge >= 0.3 is 0 Å². The number of carbonyl (C=O) groups is 1. The second-order valence-corrected chi connectivity index (χ2v) is 3.77. The maximum absolute atomic E-state index is 11.3. The van der Waals surface area contributed by atoms with Crippen molar-refractivity contribution < 1.29 is 9.90 Å². The number of hydrogen-bond acceptors (Lipinski definition) is 2. The van der Waals surface area contributed by atoms with E-state index in [1.54, 1.807) is 12.2 Å². The molecule has 0 aliphatic carbocycles. The first kappa shape index (κ1) is 14.9. The third-order valence-corrected chi connectivity index (χ3v) is 2.63. The predicted molar refractivity (Wildman–Crippen MR) is 67.0 cm³/mol. The smallest absolute Gasteiger partial charge is 0.244 e. The molecule has 0 aliphatic heterocycles. The first-order chi connectivity index (χ1) is 7.65. The van der Waals surface area contributed by atoms with Gasteiger partial charge in [0.1, 0.15) is 0 Å². The largest absolute Gasteiger partial charge is 0.391 e.